The number of carbonyl (C=O) groups excluding carboxylic acids is 1. The predicted molar refractivity (Wildman–Crippen MR) is 118 cm³/mol. The lowest BCUT2D eigenvalue weighted by Gasteiger charge is -2.31. The minimum absolute atomic E-state index is 0.00690. The van der Waals surface area contributed by atoms with Gasteiger partial charge < -0.3 is 10.1 Å². The standard InChI is InChI=1S/C23H37NO4S/c1-16(2)14-20(21(25)24-23(7)12-13-28-17(23)3)29(26,27)15-18-8-10-19(11-9-18)22(4,5)6/h8-11,16-17,20H,12-15H2,1-7H3,(H,24,25)/t17-,20-,23+/m1/s1. The average molecular weight is 424 g/mol. The Bertz CT molecular complexity index is 808. The minimum atomic E-state index is -3.66. The largest absolute Gasteiger partial charge is 0.376 e. The molecule has 0 saturated carbocycles. The summed E-state index contributed by atoms with van der Waals surface area (Å²) in [5, 5.41) is 1.93. The van der Waals surface area contributed by atoms with Gasteiger partial charge in [-0.25, -0.2) is 8.42 Å². The van der Waals surface area contributed by atoms with Crippen LogP contribution in [0.25, 0.3) is 0 Å². The molecule has 1 aromatic rings. The maximum Gasteiger partial charge on any atom is 0.238 e. The average Bonchev–Trinajstić information content (AvgIpc) is 2.90. The summed E-state index contributed by atoms with van der Waals surface area (Å²) in [6, 6.07) is 7.66. The molecular weight excluding hydrogens is 386 g/mol. The van der Waals surface area contributed by atoms with E-state index in [9.17, 15) is 13.2 Å². The number of amides is 1. The number of hydrogen-bond acceptors (Lipinski definition) is 4. The van der Waals surface area contributed by atoms with Crippen LogP contribution in [0.2, 0.25) is 0 Å². The molecule has 1 fully saturated rings. The van der Waals surface area contributed by atoms with Gasteiger partial charge in [0.15, 0.2) is 9.84 Å². The summed E-state index contributed by atoms with van der Waals surface area (Å²) >= 11 is 0. The van der Waals surface area contributed by atoms with Crippen LogP contribution in [0.15, 0.2) is 24.3 Å². The lowest BCUT2D eigenvalue weighted by atomic mass is 9.87. The van der Waals surface area contributed by atoms with Gasteiger partial charge in [0.05, 0.1) is 17.4 Å². The zero-order valence-electron chi connectivity index (χ0n) is 18.9. The van der Waals surface area contributed by atoms with Crippen LogP contribution in [0.5, 0.6) is 0 Å². The van der Waals surface area contributed by atoms with Gasteiger partial charge in [-0.05, 0) is 49.1 Å². The quantitative estimate of drug-likeness (QED) is 0.719. The minimum Gasteiger partial charge on any atom is -0.376 e. The highest BCUT2D eigenvalue weighted by Gasteiger charge is 2.42. The third kappa shape index (κ3) is 6.05. The van der Waals surface area contributed by atoms with Gasteiger partial charge in [0.25, 0.3) is 0 Å². The van der Waals surface area contributed by atoms with Crippen molar-refractivity contribution in [1.29, 1.82) is 0 Å². The third-order valence-electron chi connectivity index (χ3n) is 5.89. The van der Waals surface area contributed by atoms with E-state index in [1.54, 1.807) is 0 Å². The molecule has 164 valence electrons. The summed E-state index contributed by atoms with van der Waals surface area (Å²) in [7, 11) is -3.66. The molecule has 0 spiro atoms. The molecule has 1 heterocycles. The van der Waals surface area contributed by atoms with Crippen LogP contribution < -0.4 is 5.32 Å². The van der Waals surface area contributed by atoms with Crippen molar-refractivity contribution in [2.45, 2.75) is 89.4 Å². The zero-order chi connectivity index (χ0) is 22.0. The second-order valence-electron chi connectivity index (χ2n) is 10.0. The molecule has 5 nitrogen and oxygen atoms in total. The Morgan fingerprint density at radius 2 is 1.83 bits per heavy atom. The summed E-state index contributed by atoms with van der Waals surface area (Å²) in [4.78, 5) is 13.1. The molecule has 1 N–H and O–H groups in total. The van der Waals surface area contributed by atoms with Crippen LogP contribution in [-0.4, -0.2) is 37.8 Å². The molecule has 2 rings (SSSR count). The first-order chi connectivity index (χ1) is 13.2. The number of sulfone groups is 1. The van der Waals surface area contributed by atoms with E-state index in [4.69, 9.17) is 4.74 Å². The normalized spacial score (nSPS) is 23.9. The molecule has 0 radical (unpaired) electrons. The van der Waals surface area contributed by atoms with E-state index in [-0.39, 0.29) is 23.2 Å². The lowest BCUT2D eigenvalue weighted by molar-refractivity contribution is -0.123. The molecule has 0 aromatic heterocycles. The third-order valence-corrected chi connectivity index (χ3v) is 7.90. The van der Waals surface area contributed by atoms with Crippen molar-refractivity contribution in [2.75, 3.05) is 6.61 Å². The van der Waals surface area contributed by atoms with Crippen molar-refractivity contribution < 1.29 is 17.9 Å². The van der Waals surface area contributed by atoms with E-state index >= 15 is 0 Å². The first kappa shape index (κ1) is 23.9. The van der Waals surface area contributed by atoms with Gasteiger partial charge in [-0.3, -0.25) is 4.79 Å². The molecule has 0 unspecified atom stereocenters. The molecule has 0 bridgehead atoms. The Balaban J connectivity index is 2.22. The highest BCUT2D eigenvalue weighted by molar-refractivity contribution is 7.92. The molecule has 1 aromatic carbocycles. The SMILES string of the molecule is CC(C)C[C@H](C(=O)N[C@@]1(C)CCO[C@@H]1C)S(=O)(=O)Cc1ccc(C(C)(C)C)cc1. The number of nitrogens with one attached hydrogen (secondary N) is 1. The molecule has 1 aliphatic rings. The summed E-state index contributed by atoms with van der Waals surface area (Å²) in [6.45, 7) is 14.7. The monoisotopic (exact) mass is 423 g/mol. The van der Waals surface area contributed by atoms with Crippen LogP contribution in [0.1, 0.15) is 72.4 Å². The molecular formula is C23H37NO4S. The van der Waals surface area contributed by atoms with Crippen molar-refractivity contribution in [1.82, 2.24) is 5.32 Å². The summed E-state index contributed by atoms with van der Waals surface area (Å²) in [5.74, 6) is -0.455. The number of carbonyl (C=O) groups is 1. The van der Waals surface area contributed by atoms with Crippen molar-refractivity contribution in [3.05, 3.63) is 35.4 Å². The van der Waals surface area contributed by atoms with E-state index in [1.165, 1.54) is 0 Å². The van der Waals surface area contributed by atoms with Crippen molar-refractivity contribution in [2.24, 2.45) is 5.92 Å². The first-order valence-corrected chi connectivity index (χ1v) is 12.2. The van der Waals surface area contributed by atoms with E-state index in [1.807, 2.05) is 52.0 Å². The predicted octanol–water partition coefficient (Wildman–Crippen LogP) is 4.00. The van der Waals surface area contributed by atoms with Gasteiger partial charge in [0.1, 0.15) is 5.25 Å². The second kappa shape index (κ2) is 8.76. The number of rotatable bonds is 7. The fourth-order valence-electron chi connectivity index (χ4n) is 3.64. The van der Waals surface area contributed by atoms with Gasteiger partial charge in [-0.2, -0.15) is 0 Å². The summed E-state index contributed by atoms with van der Waals surface area (Å²) in [5.41, 5.74) is 1.34. The molecule has 6 heteroatoms. The van der Waals surface area contributed by atoms with E-state index in [0.717, 1.165) is 5.56 Å². The maximum absolute atomic E-state index is 13.2. The topological polar surface area (TPSA) is 72.5 Å². The van der Waals surface area contributed by atoms with Gasteiger partial charge >= 0.3 is 0 Å². The van der Waals surface area contributed by atoms with Crippen LogP contribution in [-0.2, 0) is 30.5 Å². The Morgan fingerprint density at radius 1 is 1.24 bits per heavy atom. The van der Waals surface area contributed by atoms with Crippen LogP contribution in [0.4, 0.5) is 0 Å². The highest BCUT2D eigenvalue weighted by Crippen LogP contribution is 2.27. The van der Waals surface area contributed by atoms with Gasteiger partial charge in [0, 0.05) is 6.61 Å². The summed E-state index contributed by atoms with van der Waals surface area (Å²) < 4.78 is 32.0. The van der Waals surface area contributed by atoms with E-state index in [2.05, 4.69) is 26.1 Å². The van der Waals surface area contributed by atoms with E-state index < -0.39 is 26.5 Å². The molecule has 1 aliphatic heterocycles. The Kier molecular flexibility index (Phi) is 7.21. The molecule has 1 amide bonds. The van der Waals surface area contributed by atoms with Crippen LogP contribution >= 0.6 is 0 Å². The first-order valence-electron chi connectivity index (χ1n) is 10.5. The highest BCUT2D eigenvalue weighted by atomic mass is 32.2. The summed E-state index contributed by atoms with van der Waals surface area (Å²) in [6.07, 6.45) is 0.848. The molecule has 0 aliphatic carbocycles. The lowest BCUT2D eigenvalue weighted by Crippen LogP contribution is -2.55. The number of benzene rings is 1. The van der Waals surface area contributed by atoms with Gasteiger partial charge in [0.2, 0.25) is 5.91 Å². The molecule has 1 saturated heterocycles. The second-order valence-corrected chi connectivity index (χ2v) is 12.2. The Labute approximate surface area is 176 Å². The maximum atomic E-state index is 13.2. The van der Waals surface area contributed by atoms with Crippen molar-refractivity contribution >= 4 is 15.7 Å². The van der Waals surface area contributed by atoms with Gasteiger partial charge in [-0.1, -0.05) is 58.9 Å². The van der Waals surface area contributed by atoms with Crippen LogP contribution in [0, 0.1) is 5.92 Å². The Hall–Kier alpha value is -1.40. The smallest absolute Gasteiger partial charge is 0.238 e. The Morgan fingerprint density at radius 3 is 2.28 bits per heavy atom. The number of ether oxygens (including phenoxy) is 1. The van der Waals surface area contributed by atoms with Gasteiger partial charge in [-0.15, -0.1) is 0 Å². The van der Waals surface area contributed by atoms with Crippen LogP contribution in [0.3, 0.4) is 0 Å². The van der Waals surface area contributed by atoms with Crippen molar-refractivity contribution in [3.8, 4) is 0 Å². The number of hydrogen-bond donors (Lipinski definition) is 1. The van der Waals surface area contributed by atoms with Crippen molar-refractivity contribution in [3.63, 3.8) is 0 Å². The molecule has 29 heavy (non-hydrogen) atoms. The zero-order valence-corrected chi connectivity index (χ0v) is 19.7. The van der Waals surface area contributed by atoms with E-state index in [0.29, 0.717) is 25.0 Å². The molecule has 3 atom stereocenters. The fraction of sp³-hybridized carbons (Fsp3) is 0.696. The fourth-order valence-corrected chi connectivity index (χ4v) is 5.56.